The molecule has 1 aliphatic heterocycles. The quantitative estimate of drug-likeness (QED) is 0.655. The van der Waals surface area contributed by atoms with Gasteiger partial charge >= 0.3 is 0 Å². The SMILES string of the molecule is Cc1csc(NC(=O)Cn2c3c(c4c(Cl)c(Cl)ccc42)CCNCCC3)n1. The van der Waals surface area contributed by atoms with Crippen LogP contribution < -0.4 is 10.6 Å². The van der Waals surface area contributed by atoms with Crippen LogP contribution in [0.25, 0.3) is 10.9 Å². The van der Waals surface area contributed by atoms with Gasteiger partial charge in [0, 0.05) is 16.5 Å². The fraction of sp³-hybridized carbons (Fsp3) is 0.368. The Bertz CT molecular complexity index is 1010. The highest BCUT2D eigenvalue weighted by molar-refractivity contribution is 7.13. The number of hydrogen-bond donors (Lipinski definition) is 2. The lowest BCUT2D eigenvalue weighted by atomic mass is 10.0. The summed E-state index contributed by atoms with van der Waals surface area (Å²) in [7, 11) is 0. The molecule has 0 unspecified atom stereocenters. The molecule has 2 aromatic heterocycles. The van der Waals surface area contributed by atoms with Gasteiger partial charge in [-0.05, 0) is 57.0 Å². The number of amides is 1. The zero-order valence-electron chi connectivity index (χ0n) is 14.9. The number of carbonyl (C=O) groups excluding carboxylic acids is 1. The minimum atomic E-state index is -0.0877. The molecule has 1 aromatic carbocycles. The summed E-state index contributed by atoms with van der Waals surface area (Å²) in [4.78, 5) is 17.0. The summed E-state index contributed by atoms with van der Waals surface area (Å²) in [5, 5.41) is 11.0. The first-order chi connectivity index (χ1) is 13.0. The van der Waals surface area contributed by atoms with Crippen LogP contribution in [-0.2, 0) is 24.2 Å². The van der Waals surface area contributed by atoms with Crippen molar-refractivity contribution in [3.05, 3.63) is 44.5 Å². The van der Waals surface area contributed by atoms with E-state index in [1.54, 1.807) is 6.07 Å². The predicted octanol–water partition coefficient (Wildman–Crippen LogP) is 4.43. The maximum absolute atomic E-state index is 12.7. The lowest BCUT2D eigenvalue weighted by Gasteiger charge is -2.15. The number of rotatable bonds is 3. The number of fused-ring (bicyclic) bond motifs is 3. The first-order valence-electron chi connectivity index (χ1n) is 8.95. The minimum Gasteiger partial charge on any atom is -0.335 e. The fourth-order valence-corrected chi connectivity index (χ4v) is 4.81. The summed E-state index contributed by atoms with van der Waals surface area (Å²) >= 11 is 14.3. The summed E-state index contributed by atoms with van der Waals surface area (Å²) in [5.74, 6) is -0.0877. The molecule has 1 amide bonds. The van der Waals surface area contributed by atoms with Gasteiger partial charge in [-0.15, -0.1) is 11.3 Å². The largest absolute Gasteiger partial charge is 0.335 e. The van der Waals surface area contributed by atoms with Crippen LogP contribution in [0.1, 0.15) is 23.4 Å². The summed E-state index contributed by atoms with van der Waals surface area (Å²) in [6, 6.07) is 3.76. The Morgan fingerprint density at radius 1 is 1.33 bits per heavy atom. The van der Waals surface area contributed by atoms with E-state index in [0.717, 1.165) is 48.9 Å². The Balaban J connectivity index is 1.75. The minimum absolute atomic E-state index is 0.0877. The van der Waals surface area contributed by atoms with Crippen LogP contribution in [0.4, 0.5) is 5.13 Å². The van der Waals surface area contributed by atoms with Crippen molar-refractivity contribution < 1.29 is 4.79 Å². The number of carbonyl (C=O) groups is 1. The third-order valence-electron chi connectivity index (χ3n) is 4.83. The third-order valence-corrected chi connectivity index (χ3v) is 6.51. The number of nitrogens with zero attached hydrogens (tertiary/aromatic N) is 2. The molecule has 0 radical (unpaired) electrons. The molecule has 3 heterocycles. The number of aryl methyl sites for hydroxylation is 1. The average molecular weight is 423 g/mol. The first-order valence-corrected chi connectivity index (χ1v) is 10.6. The number of anilines is 1. The molecule has 0 bridgehead atoms. The summed E-state index contributed by atoms with van der Waals surface area (Å²) in [6.45, 7) is 4.00. The molecular formula is C19H20Cl2N4OS. The lowest BCUT2D eigenvalue weighted by molar-refractivity contribution is -0.116. The molecule has 1 aliphatic rings. The highest BCUT2D eigenvalue weighted by atomic mass is 35.5. The van der Waals surface area contributed by atoms with Gasteiger partial charge in [-0.25, -0.2) is 4.98 Å². The molecule has 4 rings (SSSR count). The molecule has 0 aliphatic carbocycles. The molecule has 8 heteroatoms. The number of hydrogen-bond acceptors (Lipinski definition) is 4. The molecular weight excluding hydrogens is 403 g/mol. The van der Waals surface area contributed by atoms with Gasteiger partial charge in [-0.2, -0.15) is 0 Å². The van der Waals surface area contributed by atoms with E-state index in [-0.39, 0.29) is 12.5 Å². The number of thiazole rings is 1. The smallest absolute Gasteiger partial charge is 0.246 e. The van der Waals surface area contributed by atoms with Crippen LogP contribution in [0.5, 0.6) is 0 Å². The van der Waals surface area contributed by atoms with Gasteiger partial charge in [0.2, 0.25) is 5.91 Å². The zero-order valence-corrected chi connectivity index (χ0v) is 17.3. The maximum Gasteiger partial charge on any atom is 0.246 e. The highest BCUT2D eigenvalue weighted by Gasteiger charge is 2.22. The van der Waals surface area contributed by atoms with E-state index in [4.69, 9.17) is 23.2 Å². The Morgan fingerprint density at radius 2 is 2.19 bits per heavy atom. The van der Waals surface area contributed by atoms with E-state index in [0.29, 0.717) is 15.2 Å². The van der Waals surface area contributed by atoms with E-state index >= 15 is 0 Å². The normalized spacial score (nSPS) is 14.6. The second-order valence-corrected chi connectivity index (χ2v) is 8.36. The molecule has 0 spiro atoms. The molecule has 0 fully saturated rings. The van der Waals surface area contributed by atoms with E-state index in [1.165, 1.54) is 22.6 Å². The molecule has 3 aromatic rings. The van der Waals surface area contributed by atoms with Crippen molar-refractivity contribution in [2.24, 2.45) is 0 Å². The number of benzene rings is 1. The van der Waals surface area contributed by atoms with Crippen LogP contribution in [0, 0.1) is 6.92 Å². The number of halogens is 2. The molecule has 0 saturated heterocycles. The number of aromatic nitrogens is 2. The summed E-state index contributed by atoms with van der Waals surface area (Å²) in [6.07, 6.45) is 2.78. The Kier molecular flexibility index (Phi) is 5.41. The molecule has 0 atom stereocenters. The van der Waals surface area contributed by atoms with Crippen molar-refractivity contribution in [2.45, 2.75) is 32.7 Å². The lowest BCUT2D eigenvalue weighted by Crippen LogP contribution is -2.24. The molecule has 27 heavy (non-hydrogen) atoms. The van der Waals surface area contributed by atoms with Gasteiger partial charge in [0.1, 0.15) is 6.54 Å². The molecule has 5 nitrogen and oxygen atoms in total. The van der Waals surface area contributed by atoms with Crippen molar-refractivity contribution in [3.8, 4) is 0 Å². The summed E-state index contributed by atoms with van der Waals surface area (Å²) in [5.41, 5.74) is 4.24. The van der Waals surface area contributed by atoms with Crippen LogP contribution in [0.3, 0.4) is 0 Å². The standard InChI is InChI=1S/C19H20Cl2N4OS/c1-11-10-27-19(23-11)24-16(26)9-25-14-3-2-7-22-8-6-12(14)17-15(25)5-4-13(20)18(17)21/h4-5,10,22H,2-3,6-9H2,1H3,(H,23,24,26). The van der Waals surface area contributed by atoms with E-state index < -0.39 is 0 Å². The van der Waals surface area contributed by atoms with E-state index in [1.807, 2.05) is 18.4 Å². The van der Waals surface area contributed by atoms with Gasteiger partial charge in [0.05, 0.1) is 21.3 Å². The molecule has 142 valence electrons. The Labute approximate surface area is 171 Å². The zero-order chi connectivity index (χ0) is 19.0. The maximum atomic E-state index is 12.7. The van der Waals surface area contributed by atoms with Crippen LogP contribution >= 0.6 is 34.5 Å². The van der Waals surface area contributed by atoms with Crippen molar-refractivity contribution in [2.75, 3.05) is 18.4 Å². The third kappa shape index (κ3) is 3.72. The second-order valence-electron chi connectivity index (χ2n) is 6.71. The molecule has 2 N–H and O–H groups in total. The first kappa shape index (κ1) is 18.7. The van der Waals surface area contributed by atoms with Crippen LogP contribution in [-0.4, -0.2) is 28.5 Å². The second kappa shape index (κ2) is 7.80. The van der Waals surface area contributed by atoms with E-state index in [2.05, 4.69) is 20.2 Å². The van der Waals surface area contributed by atoms with Crippen molar-refractivity contribution in [1.29, 1.82) is 0 Å². The van der Waals surface area contributed by atoms with Gasteiger partial charge in [0.25, 0.3) is 0 Å². The molecule has 0 saturated carbocycles. The van der Waals surface area contributed by atoms with E-state index in [9.17, 15) is 4.79 Å². The van der Waals surface area contributed by atoms with Gasteiger partial charge in [-0.1, -0.05) is 23.2 Å². The van der Waals surface area contributed by atoms with Crippen molar-refractivity contribution >= 4 is 56.5 Å². The highest BCUT2D eigenvalue weighted by Crippen LogP contribution is 2.37. The van der Waals surface area contributed by atoms with Crippen LogP contribution in [0.2, 0.25) is 10.0 Å². The monoisotopic (exact) mass is 422 g/mol. The topological polar surface area (TPSA) is 59.0 Å². The Morgan fingerprint density at radius 3 is 2.96 bits per heavy atom. The number of nitrogens with one attached hydrogen (secondary N) is 2. The van der Waals surface area contributed by atoms with Gasteiger partial charge < -0.3 is 15.2 Å². The fourth-order valence-electron chi connectivity index (χ4n) is 3.67. The summed E-state index contributed by atoms with van der Waals surface area (Å²) < 4.78 is 2.09. The van der Waals surface area contributed by atoms with Crippen molar-refractivity contribution in [1.82, 2.24) is 14.9 Å². The predicted molar refractivity (Wildman–Crippen MR) is 112 cm³/mol. The Hall–Kier alpha value is -1.60. The van der Waals surface area contributed by atoms with Gasteiger partial charge in [-0.3, -0.25) is 4.79 Å². The van der Waals surface area contributed by atoms with Crippen molar-refractivity contribution in [3.63, 3.8) is 0 Å². The van der Waals surface area contributed by atoms with Crippen LogP contribution in [0.15, 0.2) is 17.5 Å². The average Bonchev–Trinajstić information content (AvgIpc) is 3.13. The van der Waals surface area contributed by atoms with Gasteiger partial charge in [0.15, 0.2) is 5.13 Å².